The molecule has 3 aromatic carbocycles. The summed E-state index contributed by atoms with van der Waals surface area (Å²) in [7, 11) is -14.2. The SMILES string of the molecule is CS(=O)(=O)c1cc(S(C)(=O)=O)c(C(=O)P(c2ccccc2)c2ccccc2)c(S(C)(=O)=O)c1. The van der Waals surface area contributed by atoms with Crippen LogP contribution in [0, 0.1) is 0 Å². The van der Waals surface area contributed by atoms with Crippen LogP contribution in [-0.2, 0) is 29.5 Å². The molecule has 0 bridgehead atoms. The van der Waals surface area contributed by atoms with Gasteiger partial charge in [-0.05, 0) is 22.7 Å². The molecule has 0 fully saturated rings. The fourth-order valence-corrected chi connectivity index (χ4v) is 8.26. The first-order chi connectivity index (χ1) is 15.2. The number of carbonyl (C=O) groups excluding carboxylic acids is 1. The standard InChI is InChI=1S/C22H21O7PS3/c1-31(24,25)18-14-19(32(2,26)27)21(20(15-18)33(3,28)29)22(23)30(16-10-6-4-7-11-16)17-12-8-5-9-13-17/h4-15H,1-3H3. The lowest BCUT2D eigenvalue weighted by Gasteiger charge is -2.21. The summed E-state index contributed by atoms with van der Waals surface area (Å²) in [6, 6.07) is 19.0. The molecule has 3 rings (SSSR count). The van der Waals surface area contributed by atoms with Crippen molar-refractivity contribution >= 4 is 53.6 Å². The molecule has 3 aromatic rings. The molecule has 174 valence electrons. The molecule has 0 saturated heterocycles. The van der Waals surface area contributed by atoms with Crippen molar-refractivity contribution in [3.8, 4) is 0 Å². The van der Waals surface area contributed by atoms with Gasteiger partial charge in [0.05, 0.1) is 20.2 Å². The highest BCUT2D eigenvalue weighted by Gasteiger charge is 2.34. The highest BCUT2D eigenvalue weighted by Crippen LogP contribution is 2.42. The molecular weight excluding hydrogens is 503 g/mol. The number of carbonyl (C=O) groups is 1. The van der Waals surface area contributed by atoms with Crippen LogP contribution < -0.4 is 10.6 Å². The third-order valence-electron chi connectivity index (χ3n) is 4.71. The largest absolute Gasteiger partial charge is 0.288 e. The van der Waals surface area contributed by atoms with Crippen molar-refractivity contribution in [1.29, 1.82) is 0 Å². The van der Waals surface area contributed by atoms with Crippen molar-refractivity contribution in [2.45, 2.75) is 14.7 Å². The first kappa shape index (κ1) is 25.2. The Morgan fingerprint density at radius 3 is 1.27 bits per heavy atom. The zero-order valence-corrected chi connectivity index (χ0v) is 21.3. The number of sulfone groups is 3. The van der Waals surface area contributed by atoms with Gasteiger partial charge in [-0.15, -0.1) is 0 Å². The van der Waals surface area contributed by atoms with E-state index in [4.69, 9.17) is 0 Å². The van der Waals surface area contributed by atoms with Gasteiger partial charge in [0, 0.05) is 26.7 Å². The molecule has 33 heavy (non-hydrogen) atoms. The average molecular weight is 525 g/mol. The van der Waals surface area contributed by atoms with Crippen LogP contribution in [-0.4, -0.2) is 49.5 Å². The molecule has 0 aliphatic heterocycles. The lowest BCUT2D eigenvalue weighted by atomic mass is 10.2. The average Bonchev–Trinajstić information content (AvgIpc) is 2.72. The van der Waals surface area contributed by atoms with E-state index in [2.05, 4.69) is 0 Å². The van der Waals surface area contributed by atoms with E-state index in [1.807, 2.05) is 0 Å². The zero-order chi connectivity index (χ0) is 24.6. The molecule has 0 saturated carbocycles. The van der Waals surface area contributed by atoms with Gasteiger partial charge in [0.2, 0.25) is 0 Å². The van der Waals surface area contributed by atoms with E-state index in [0.717, 1.165) is 30.9 Å². The fraction of sp³-hybridized carbons (Fsp3) is 0.136. The lowest BCUT2D eigenvalue weighted by molar-refractivity contribution is 0.107. The van der Waals surface area contributed by atoms with Crippen LogP contribution in [0.15, 0.2) is 87.5 Å². The van der Waals surface area contributed by atoms with E-state index in [0.29, 0.717) is 10.6 Å². The Hall–Kier alpha value is -2.39. The van der Waals surface area contributed by atoms with Gasteiger partial charge in [0.15, 0.2) is 35.0 Å². The number of benzene rings is 3. The molecule has 0 aliphatic rings. The Bertz CT molecular complexity index is 1440. The van der Waals surface area contributed by atoms with Crippen LogP contribution in [0.1, 0.15) is 10.4 Å². The third kappa shape index (κ3) is 5.58. The minimum Gasteiger partial charge on any atom is -0.288 e. The van der Waals surface area contributed by atoms with Gasteiger partial charge in [-0.1, -0.05) is 60.7 Å². The number of hydrogen-bond acceptors (Lipinski definition) is 7. The van der Waals surface area contributed by atoms with Crippen LogP contribution in [0.25, 0.3) is 0 Å². The summed E-state index contributed by atoms with van der Waals surface area (Å²) in [6.07, 6.45) is 2.46. The predicted octanol–water partition coefficient (Wildman–Crippen LogP) is 2.17. The second-order valence-corrected chi connectivity index (χ2v) is 15.5. The molecule has 0 atom stereocenters. The van der Waals surface area contributed by atoms with Gasteiger partial charge >= 0.3 is 0 Å². The molecule has 0 amide bonds. The summed E-state index contributed by atoms with van der Waals surface area (Å²) >= 11 is 0. The van der Waals surface area contributed by atoms with Gasteiger partial charge in [-0.25, -0.2) is 25.3 Å². The maximum absolute atomic E-state index is 14.0. The summed E-state index contributed by atoms with van der Waals surface area (Å²) in [4.78, 5) is 12.2. The van der Waals surface area contributed by atoms with Crippen LogP contribution in [0.3, 0.4) is 0 Å². The Morgan fingerprint density at radius 2 is 0.970 bits per heavy atom. The van der Waals surface area contributed by atoms with Gasteiger partial charge in [0.1, 0.15) is 0 Å². The third-order valence-corrected chi connectivity index (χ3v) is 10.3. The summed E-state index contributed by atoms with van der Waals surface area (Å²) in [6.45, 7) is 0. The molecule has 0 radical (unpaired) electrons. The minimum absolute atomic E-state index is 0.497. The lowest BCUT2D eigenvalue weighted by Crippen LogP contribution is -2.22. The summed E-state index contributed by atoms with van der Waals surface area (Å²) in [5.74, 6) is 0. The second kappa shape index (κ2) is 9.10. The van der Waals surface area contributed by atoms with E-state index < -0.39 is 63.2 Å². The maximum atomic E-state index is 14.0. The quantitative estimate of drug-likeness (QED) is 0.435. The van der Waals surface area contributed by atoms with Crippen LogP contribution in [0.2, 0.25) is 0 Å². The highest BCUT2D eigenvalue weighted by atomic mass is 32.2. The van der Waals surface area contributed by atoms with E-state index >= 15 is 0 Å². The molecule has 11 heteroatoms. The first-order valence-electron chi connectivity index (χ1n) is 9.44. The summed E-state index contributed by atoms with van der Waals surface area (Å²) in [5.41, 5.74) is -1.23. The van der Waals surface area contributed by atoms with E-state index in [1.165, 1.54) is 0 Å². The Kier molecular flexibility index (Phi) is 6.96. The maximum Gasteiger partial charge on any atom is 0.195 e. The summed E-state index contributed by atoms with van der Waals surface area (Å²) in [5, 5.41) is 1.18. The van der Waals surface area contributed by atoms with Gasteiger partial charge in [-0.3, -0.25) is 4.79 Å². The van der Waals surface area contributed by atoms with Crippen molar-refractivity contribution in [2.75, 3.05) is 18.8 Å². The van der Waals surface area contributed by atoms with Gasteiger partial charge in [0.25, 0.3) is 0 Å². The molecule has 0 heterocycles. The molecule has 0 aromatic heterocycles. The first-order valence-corrected chi connectivity index (χ1v) is 16.5. The van der Waals surface area contributed by atoms with E-state index in [1.54, 1.807) is 60.7 Å². The minimum atomic E-state index is -4.18. The Balaban J connectivity index is 2.46. The van der Waals surface area contributed by atoms with E-state index in [-0.39, 0.29) is 0 Å². The van der Waals surface area contributed by atoms with Gasteiger partial charge in [-0.2, -0.15) is 0 Å². The Morgan fingerprint density at radius 1 is 0.606 bits per heavy atom. The molecule has 7 nitrogen and oxygen atoms in total. The fourth-order valence-electron chi connectivity index (χ4n) is 3.23. The predicted molar refractivity (Wildman–Crippen MR) is 129 cm³/mol. The number of rotatable bonds is 7. The highest BCUT2D eigenvalue weighted by molar-refractivity contribution is 7.93. The zero-order valence-electron chi connectivity index (χ0n) is 18.0. The number of hydrogen-bond donors (Lipinski definition) is 0. The smallest absolute Gasteiger partial charge is 0.195 e. The van der Waals surface area contributed by atoms with Crippen molar-refractivity contribution in [3.63, 3.8) is 0 Å². The monoisotopic (exact) mass is 524 g/mol. The topological polar surface area (TPSA) is 119 Å². The van der Waals surface area contributed by atoms with Crippen molar-refractivity contribution in [1.82, 2.24) is 0 Å². The second-order valence-electron chi connectivity index (χ2n) is 7.42. The van der Waals surface area contributed by atoms with Crippen LogP contribution in [0.4, 0.5) is 0 Å². The molecule has 0 unspecified atom stereocenters. The van der Waals surface area contributed by atoms with E-state index in [9.17, 15) is 30.0 Å². The molecule has 0 spiro atoms. The van der Waals surface area contributed by atoms with Crippen molar-refractivity contribution in [2.24, 2.45) is 0 Å². The van der Waals surface area contributed by atoms with Gasteiger partial charge < -0.3 is 0 Å². The van der Waals surface area contributed by atoms with Crippen molar-refractivity contribution in [3.05, 3.63) is 78.4 Å². The molecule has 0 N–H and O–H groups in total. The van der Waals surface area contributed by atoms with Crippen molar-refractivity contribution < 1.29 is 30.0 Å². The molecule has 0 aliphatic carbocycles. The normalized spacial score (nSPS) is 12.6. The van der Waals surface area contributed by atoms with Crippen LogP contribution in [0.5, 0.6) is 0 Å². The summed E-state index contributed by atoms with van der Waals surface area (Å²) < 4.78 is 75.1. The van der Waals surface area contributed by atoms with Crippen LogP contribution >= 0.6 is 7.92 Å². The Labute approximate surface area is 195 Å². The molecular formula is C22H21O7PS3.